The molecule has 0 aliphatic rings. The first-order valence-electron chi connectivity index (χ1n) is 7.25. The molecule has 0 aromatic heterocycles. The van der Waals surface area contributed by atoms with Crippen molar-refractivity contribution in [1.29, 1.82) is 0 Å². The Morgan fingerprint density at radius 2 is 1.68 bits per heavy atom. The topological polar surface area (TPSA) is 26.3 Å². The van der Waals surface area contributed by atoms with Crippen molar-refractivity contribution in [1.82, 2.24) is 0 Å². The highest BCUT2D eigenvalue weighted by molar-refractivity contribution is 8.47. The van der Waals surface area contributed by atoms with Crippen molar-refractivity contribution >= 4 is 45.2 Å². The summed E-state index contributed by atoms with van der Waals surface area (Å²) in [7, 11) is 0. The van der Waals surface area contributed by atoms with Crippen LogP contribution in [-0.2, 0) is 10.2 Å². The Kier molecular flexibility index (Phi) is 6.96. The number of rotatable bonds is 4. The second-order valence-corrected chi connectivity index (χ2v) is 10.6. The number of hydrogen-bond acceptors (Lipinski definition) is 5. The molecule has 0 radical (unpaired) electrons. The van der Waals surface area contributed by atoms with E-state index < -0.39 is 4.75 Å². The molecular formula is C17H24O2S3. The lowest BCUT2D eigenvalue weighted by Gasteiger charge is -2.22. The van der Waals surface area contributed by atoms with Gasteiger partial charge in [-0.3, -0.25) is 4.79 Å². The fraction of sp³-hybridized carbons (Fsp3) is 0.529. The predicted octanol–water partition coefficient (Wildman–Crippen LogP) is 5.44. The van der Waals surface area contributed by atoms with Crippen LogP contribution in [0.5, 0.6) is 5.75 Å². The lowest BCUT2D eigenvalue weighted by Crippen LogP contribution is -2.33. The summed E-state index contributed by atoms with van der Waals surface area (Å²) in [5.41, 5.74) is 1.29. The molecule has 0 atom stereocenters. The summed E-state index contributed by atoms with van der Waals surface area (Å²) in [5.74, 6) is 1.20. The third-order valence-corrected chi connectivity index (χ3v) is 5.60. The van der Waals surface area contributed by atoms with Gasteiger partial charge >= 0.3 is 5.97 Å². The number of thioether (sulfide) groups is 2. The van der Waals surface area contributed by atoms with E-state index in [-0.39, 0.29) is 11.4 Å². The van der Waals surface area contributed by atoms with Gasteiger partial charge in [-0.2, -0.15) is 0 Å². The van der Waals surface area contributed by atoms with Crippen molar-refractivity contribution in [2.24, 2.45) is 0 Å². The molecule has 22 heavy (non-hydrogen) atoms. The molecule has 1 aromatic carbocycles. The fourth-order valence-electron chi connectivity index (χ4n) is 1.65. The monoisotopic (exact) mass is 356 g/mol. The van der Waals surface area contributed by atoms with Crippen LogP contribution in [0.15, 0.2) is 24.3 Å². The van der Waals surface area contributed by atoms with Gasteiger partial charge in [0.05, 0.1) is 0 Å². The highest BCUT2D eigenvalue weighted by atomic mass is 32.2. The molecule has 1 aromatic rings. The molecule has 0 fully saturated rings. The van der Waals surface area contributed by atoms with E-state index in [1.165, 1.54) is 17.3 Å². The van der Waals surface area contributed by atoms with Crippen LogP contribution in [0.3, 0.4) is 0 Å². The molecule has 0 spiro atoms. The number of esters is 1. The molecule has 0 N–H and O–H groups in total. The molecule has 0 aliphatic carbocycles. The largest absolute Gasteiger partial charge is 0.426 e. The zero-order chi connectivity index (χ0) is 17.0. The summed E-state index contributed by atoms with van der Waals surface area (Å²) in [6, 6.07) is 7.69. The number of carbonyl (C=O) groups excluding carboxylic acids is 1. The first-order chi connectivity index (χ1) is 10.1. The maximum absolute atomic E-state index is 12.3. The minimum atomic E-state index is -0.693. The standard InChI is InChI=1S/C17H24O2S3/c1-7-21-15(20)22-17(5,6)14(18)19-13-10-8-12(9-11-13)16(2,3)4/h8-11H,7H2,1-6H3. The lowest BCUT2D eigenvalue weighted by molar-refractivity contribution is -0.136. The summed E-state index contributed by atoms with van der Waals surface area (Å²) in [4.78, 5) is 12.3. The average molecular weight is 357 g/mol. The second kappa shape index (κ2) is 7.84. The zero-order valence-corrected chi connectivity index (χ0v) is 16.5. The van der Waals surface area contributed by atoms with Crippen molar-refractivity contribution in [3.05, 3.63) is 29.8 Å². The highest BCUT2D eigenvalue weighted by Crippen LogP contribution is 2.32. The molecule has 0 heterocycles. The van der Waals surface area contributed by atoms with E-state index in [0.29, 0.717) is 5.75 Å². The average Bonchev–Trinajstić information content (AvgIpc) is 2.37. The maximum Gasteiger partial charge on any atom is 0.327 e. The van der Waals surface area contributed by atoms with Crippen LogP contribution < -0.4 is 4.74 Å². The second-order valence-electron chi connectivity index (χ2n) is 6.46. The summed E-state index contributed by atoms with van der Waals surface area (Å²) >= 11 is 8.22. The minimum Gasteiger partial charge on any atom is -0.426 e. The Morgan fingerprint density at radius 1 is 1.14 bits per heavy atom. The van der Waals surface area contributed by atoms with Crippen molar-refractivity contribution in [3.8, 4) is 5.75 Å². The normalized spacial score (nSPS) is 12.1. The van der Waals surface area contributed by atoms with Crippen LogP contribution in [0, 0.1) is 0 Å². The van der Waals surface area contributed by atoms with Gasteiger partial charge in [0, 0.05) is 0 Å². The molecule has 1 rings (SSSR count). The van der Waals surface area contributed by atoms with E-state index in [4.69, 9.17) is 17.0 Å². The van der Waals surface area contributed by atoms with Gasteiger partial charge in [0.25, 0.3) is 0 Å². The van der Waals surface area contributed by atoms with Crippen LogP contribution >= 0.6 is 35.7 Å². The first-order valence-corrected chi connectivity index (χ1v) is 9.46. The SMILES string of the molecule is CCSC(=S)SC(C)(C)C(=O)Oc1ccc(C(C)(C)C)cc1. The van der Waals surface area contributed by atoms with Gasteiger partial charge in [0.15, 0.2) is 0 Å². The summed E-state index contributed by atoms with van der Waals surface area (Å²) in [5, 5.41) is 0. The van der Waals surface area contributed by atoms with Crippen LogP contribution in [0.1, 0.15) is 47.1 Å². The molecule has 0 aliphatic heterocycles. The Bertz CT molecular complexity index is 528. The van der Waals surface area contributed by atoms with E-state index in [2.05, 4.69) is 20.8 Å². The maximum atomic E-state index is 12.3. The molecule has 5 heteroatoms. The van der Waals surface area contributed by atoms with Gasteiger partial charge in [-0.05, 0) is 42.7 Å². The van der Waals surface area contributed by atoms with E-state index >= 15 is 0 Å². The summed E-state index contributed by atoms with van der Waals surface area (Å²) in [6.07, 6.45) is 0. The van der Waals surface area contributed by atoms with Gasteiger partial charge in [0.2, 0.25) is 0 Å². The Balaban J connectivity index is 2.73. The van der Waals surface area contributed by atoms with Crippen molar-refractivity contribution in [2.75, 3.05) is 5.75 Å². The molecule has 0 bridgehead atoms. The van der Waals surface area contributed by atoms with Gasteiger partial charge in [-0.15, -0.1) is 11.8 Å². The summed E-state index contributed by atoms with van der Waals surface area (Å²) in [6.45, 7) is 12.2. The molecule has 0 saturated heterocycles. The number of thiocarbonyl (C=S) groups is 1. The van der Waals surface area contributed by atoms with E-state index in [0.717, 1.165) is 9.28 Å². The number of hydrogen-bond donors (Lipinski definition) is 0. The Morgan fingerprint density at radius 3 is 2.14 bits per heavy atom. The van der Waals surface area contributed by atoms with Crippen molar-refractivity contribution in [3.63, 3.8) is 0 Å². The molecule has 122 valence electrons. The Hall–Kier alpha value is -0.520. The van der Waals surface area contributed by atoms with Gasteiger partial charge in [0.1, 0.15) is 14.0 Å². The third kappa shape index (κ3) is 5.94. The quantitative estimate of drug-likeness (QED) is 0.407. The van der Waals surface area contributed by atoms with Gasteiger partial charge < -0.3 is 4.74 Å². The first kappa shape index (κ1) is 19.5. The predicted molar refractivity (Wildman–Crippen MR) is 103 cm³/mol. The molecular weight excluding hydrogens is 332 g/mol. The Labute approximate surface area is 147 Å². The van der Waals surface area contributed by atoms with Crippen LogP contribution in [0.25, 0.3) is 0 Å². The van der Waals surface area contributed by atoms with Gasteiger partial charge in [-0.25, -0.2) is 0 Å². The number of benzene rings is 1. The van der Waals surface area contributed by atoms with Crippen molar-refractivity contribution < 1.29 is 9.53 Å². The molecule has 2 nitrogen and oxygen atoms in total. The van der Waals surface area contributed by atoms with Crippen molar-refractivity contribution in [2.45, 2.75) is 51.7 Å². The lowest BCUT2D eigenvalue weighted by atomic mass is 9.87. The smallest absolute Gasteiger partial charge is 0.327 e. The molecule has 0 saturated carbocycles. The van der Waals surface area contributed by atoms with Crippen LogP contribution in [0.4, 0.5) is 0 Å². The number of carbonyl (C=O) groups is 1. The highest BCUT2D eigenvalue weighted by Gasteiger charge is 2.32. The van der Waals surface area contributed by atoms with Crippen LogP contribution in [-0.4, -0.2) is 20.0 Å². The van der Waals surface area contributed by atoms with E-state index in [1.807, 2.05) is 45.0 Å². The molecule has 0 unspecified atom stereocenters. The molecule has 0 amide bonds. The number of ether oxygens (including phenoxy) is 1. The van der Waals surface area contributed by atoms with Crippen LogP contribution in [0.2, 0.25) is 0 Å². The fourth-order valence-corrected chi connectivity index (χ4v) is 4.62. The van der Waals surface area contributed by atoms with E-state index in [9.17, 15) is 4.79 Å². The van der Waals surface area contributed by atoms with Gasteiger partial charge in [-0.1, -0.05) is 63.8 Å². The van der Waals surface area contributed by atoms with E-state index in [1.54, 1.807) is 11.8 Å². The third-order valence-electron chi connectivity index (χ3n) is 3.02. The zero-order valence-electron chi connectivity index (χ0n) is 14.1. The summed E-state index contributed by atoms with van der Waals surface area (Å²) < 4.78 is 5.58. The minimum absolute atomic E-state index is 0.0845.